The highest BCUT2D eigenvalue weighted by Gasteiger charge is 2.10. The second kappa shape index (κ2) is 8.06. The predicted molar refractivity (Wildman–Crippen MR) is 93.7 cm³/mol. The molecule has 1 amide bonds. The molecule has 2 aromatic carbocycles. The molecule has 0 aliphatic rings. The van der Waals surface area contributed by atoms with E-state index in [0.29, 0.717) is 10.7 Å². The van der Waals surface area contributed by atoms with Gasteiger partial charge in [-0.15, -0.1) is 5.10 Å². The van der Waals surface area contributed by atoms with Gasteiger partial charge in [0.25, 0.3) is 5.91 Å². The summed E-state index contributed by atoms with van der Waals surface area (Å²) in [5, 5.41) is 25.2. The van der Waals surface area contributed by atoms with E-state index in [1.807, 2.05) is 30.3 Å². The third-order valence-corrected chi connectivity index (χ3v) is 3.97. The summed E-state index contributed by atoms with van der Waals surface area (Å²) in [5.41, 5.74) is 3.92. The molecule has 0 spiro atoms. The van der Waals surface area contributed by atoms with Crippen molar-refractivity contribution >= 4 is 23.9 Å². The molecule has 0 unspecified atom stereocenters. The maximum absolute atomic E-state index is 11.9. The van der Waals surface area contributed by atoms with E-state index in [-0.39, 0.29) is 17.4 Å². The molecule has 1 heterocycles. The van der Waals surface area contributed by atoms with Crippen LogP contribution >= 0.6 is 11.8 Å². The van der Waals surface area contributed by atoms with Gasteiger partial charge in [-0.1, -0.05) is 42.1 Å². The van der Waals surface area contributed by atoms with Gasteiger partial charge in [0.1, 0.15) is 5.75 Å². The van der Waals surface area contributed by atoms with Gasteiger partial charge in [-0.2, -0.15) is 9.78 Å². The number of benzene rings is 2. The van der Waals surface area contributed by atoms with Crippen molar-refractivity contribution in [2.45, 2.75) is 5.16 Å². The molecule has 0 radical (unpaired) electrons. The average molecular weight is 354 g/mol. The SMILES string of the molecule is O=C(CSc1nnnn1-c1ccccc1)N/N=C\c1cccc(O)c1. The minimum absolute atomic E-state index is 0.116. The summed E-state index contributed by atoms with van der Waals surface area (Å²) < 4.78 is 1.56. The Morgan fingerprint density at radius 2 is 2.08 bits per heavy atom. The molecule has 0 aliphatic carbocycles. The fourth-order valence-electron chi connectivity index (χ4n) is 1.95. The molecule has 126 valence electrons. The van der Waals surface area contributed by atoms with E-state index < -0.39 is 0 Å². The van der Waals surface area contributed by atoms with Gasteiger partial charge in [0.05, 0.1) is 17.7 Å². The lowest BCUT2D eigenvalue weighted by molar-refractivity contribution is -0.118. The number of phenols is 1. The number of hydrogen-bond donors (Lipinski definition) is 2. The van der Waals surface area contributed by atoms with E-state index in [2.05, 4.69) is 26.1 Å². The molecular formula is C16H14N6O2S. The zero-order valence-corrected chi connectivity index (χ0v) is 13.8. The van der Waals surface area contributed by atoms with E-state index in [9.17, 15) is 9.90 Å². The number of hydrazone groups is 1. The van der Waals surface area contributed by atoms with Crippen LogP contribution in [0.15, 0.2) is 64.9 Å². The van der Waals surface area contributed by atoms with Crippen LogP contribution in [-0.2, 0) is 4.79 Å². The molecule has 0 atom stereocenters. The third-order valence-electron chi connectivity index (χ3n) is 3.05. The highest BCUT2D eigenvalue weighted by Crippen LogP contribution is 2.17. The number of rotatable bonds is 6. The normalized spacial score (nSPS) is 10.9. The van der Waals surface area contributed by atoms with Crippen molar-refractivity contribution in [3.8, 4) is 11.4 Å². The van der Waals surface area contributed by atoms with Crippen LogP contribution < -0.4 is 5.43 Å². The number of nitrogens with zero attached hydrogens (tertiary/aromatic N) is 5. The molecule has 3 rings (SSSR count). The van der Waals surface area contributed by atoms with Gasteiger partial charge in [0, 0.05) is 0 Å². The van der Waals surface area contributed by atoms with Crippen LogP contribution in [0.5, 0.6) is 5.75 Å². The third kappa shape index (κ3) is 4.64. The number of para-hydroxylation sites is 1. The maximum Gasteiger partial charge on any atom is 0.250 e. The lowest BCUT2D eigenvalue weighted by Gasteiger charge is -2.03. The lowest BCUT2D eigenvalue weighted by atomic mass is 10.2. The van der Waals surface area contributed by atoms with Crippen LogP contribution in [-0.4, -0.2) is 43.2 Å². The molecular weight excluding hydrogens is 340 g/mol. The number of aromatic hydroxyl groups is 1. The molecule has 25 heavy (non-hydrogen) atoms. The smallest absolute Gasteiger partial charge is 0.250 e. The number of hydrogen-bond acceptors (Lipinski definition) is 7. The zero-order chi connectivity index (χ0) is 17.5. The number of amides is 1. The first-order valence-corrected chi connectivity index (χ1v) is 8.28. The summed E-state index contributed by atoms with van der Waals surface area (Å²) in [6.45, 7) is 0. The van der Waals surface area contributed by atoms with Gasteiger partial charge in [-0.25, -0.2) is 5.43 Å². The Morgan fingerprint density at radius 3 is 2.88 bits per heavy atom. The lowest BCUT2D eigenvalue weighted by Crippen LogP contribution is -2.20. The molecule has 0 saturated heterocycles. The largest absolute Gasteiger partial charge is 0.508 e. The summed E-state index contributed by atoms with van der Waals surface area (Å²) in [6.07, 6.45) is 1.45. The average Bonchev–Trinajstić information content (AvgIpc) is 3.09. The molecule has 1 aromatic heterocycles. The van der Waals surface area contributed by atoms with Gasteiger partial charge >= 0.3 is 0 Å². The Labute approximate surface area is 147 Å². The van der Waals surface area contributed by atoms with Crippen molar-refractivity contribution < 1.29 is 9.90 Å². The van der Waals surface area contributed by atoms with Crippen LogP contribution in [0, 0.1) is 0 Å². The van der Waals surface area contributed by atoms with Gasteiger partial charge in [0.15, 0.2) is 0 Å². The number of carbonyl (C=O) groups excluding carboxylic acids is 1. The second-order valence-electron chi connectivity index (χ2n) is 4.89. The van der Waals surface area contributed by atoms with Crippen LogP contribution in [0.25, 0.3) is 5.69 Å². The van der Waals surface area contributed by atoms with Crippen molar-refractivity contribution in [2.75, 3.05) is 5.75 Å². The van der Waals surface area contributed by atoms with Gasteiger partial charge in [0.2, 0.25) is 5.16 Å². The molecule has 0 aliphatic heterocycles. The van der Waals surface area contributed by atoms with E-state index in [1.165, 1.54) is 18.0 Å². The first kappa shape index (κ1) is 16.7. The van der Waals surface area contributed by atoms with E-state index in [0.717, 1.165) is 5.69 Å². The Bertz CT molecular complexity index is 881. The quantitative estimate of drug-likeness (QED) is 0.396. The fourth-order valence-corrected chi connectivity index (χ4v) is 2.63. The summed E-state index contributed by atoms with van der Waals surface area (Å²) in [4.78, 5) is 11.9. The van der Waals surface area contributed by atoms with Gasteiger partial charge < -0.3 is 5.11 Å². The second-order valence-corrected chi connectivity index (χ2v) is 5.83. The Kier molecular flexibility index (Phi) is 5.37. The monoisotopic (exact) mass is 354 g/mol. The molecule has 0 saturated carbocycles. The summed E-state index contributed by atoms with van der Waals surface area (Å²) >= 11 is 1.21. The Balaban J connectivity index is 1.54. The molecule has 2 N–H and O–H groups in total. The van der Waals surface area contributed by atoms with Crippen LogP contribution in [0.2, 0.25) is 0 Å². The maximum atomic E-state index is 11.9. The molecule has 0 bridgehead atoms. The Hall–Kier alpha value is -3.20. The van der Waals surface area contributed by atoms with Crippen molar-refractivity contribution in [1.82, 2.24) is 25.6 Å². The highest BCUT2D eigenvalue weighted by atomic mass is 32.2. The van der Waals surface area contributed by atoms with Gasteiger partial charge in [-0.3, -0.25) is 4.79 Å². The van der Waals surface area contributed by atoms with Crippen LogP contribution in [0.4, 0.5) is 0 Å². The van der Waals surface area contributed by atoms with E-state index >= 15 is 0 Å². The van der Waals surface area contributed by atoms with Crippen LogP contribution in [0.1, 0.15) is 5.56 Å². The number of tetrazole rings is 1. The molecule has 0 fully saturated rings. The first-order chi connectivity index (χ1) is 12.2. The van der Waals surface area contributed by atoms with Crippen molar-refractivity contribution in [3.63, 3.8) is 0 Å². The van der Waals surface area contributed by atoms with Gasteiger partial charge in [-0.05, 0) is 40.3 Å². The Morgan fingerprint density at radius 1 is 1.24 bits per heavy atom. The molecule has 8 nitrogen and oxygen atoms in total. The topological polar surface area (TPSA) is 105 Å². The molecule has 3 aromatic rings. The number of carbonyl (C=O) groups is 1. The van der Waals surface area contributed by atoms with Crippen LogP contribution in [0.3, 0.4) is 0 Å². The molecule has 9 heteroatoms. The highest BCUT2D eigenvalue weighted by molar-refractivity contribution is 7.99. The summed E-state index contributed by atoms with van der Waals surface area (Å²) in [6, 6.07) is 16.0. The minimum atomic E-state index is -0.288. The number of thioether (sulfide) groups is 1. The predicted octanol–water partition coefficient (Wildman–Crippen LogP) is 1.61. The number of nitrogens with one attached hydrogen (secondary N) is 1. The minimum Gasteiger partial charge on any atom is -0.508 e. The van der Waals surface area contributed by atoms with E-state index in [4.69, 9.17) is 0 Å². The standard InChI is InChI=1S/C16H14N6O2S/c23-14-8-4-5-12(9-14)10-17-18-15(24)11-25-16-19-20-21-22(16)13-6-2-1-3-7-13/h1-10,23H,11H2,(H,18,24)/b17-10-. The van der Waals surface area contributed by atoms with Crippen molar-refractivity contribution in [2.24, 2.45) is 5.10 Å². The van der Waals surface area contributed by atoms with E-state index in [1.54, 1.807) is 28.9 Å². The zero-order valence-electron chi connectivity index (χ0n) is 13.0. The number of aromatic nitrogens is 4. The number of phenolic OH excluding ortho intramolecular Hbond substituents is 1. The summed E-state index contributed by atoms with van der Waals surface area (Å²) in [7, 11) is 0. The first-order valence-electron chi connectivity index (χ1n) is 7.30. The van der Waals surface area contributed by atoms with Crippen molar-refractivity contribution in [3.05, 3.63) is 60.2 Å². The van der Waals surface area contributed by atoms with Crippen molar-refractivity contribution in [1.29, 1.82) is 0 Å². The summed E-state index contributed by atoms with van der Waals surface area (Å²) in [5.74, 6) is -0.0347. The fraction of sp³-hybridized carbons (Fsp3) is 0.0625.